The highest BCUT2D eigenvalue weighted by atomic mass is 19.1. The quantitative estimate of drug-likeness (QED) is 0.752. The molecule has 0 atom stereocenters. The Labute approximate surface area is 142 Å². The zero-order valence-corrected chi connectivity index (χ0v) is 13.2. The van der Waals surface area contributed by atoms with Crippen molar-refractivity contribution in [1.82, 2.24) is 15.0 Å². The fraction of sp³-hybridized carbons (Fsp3) is 0.0588. The van der Waals surface area contributed by atoms with Crippen LogP contribution < -0.4 is 15.8 Å². The standard InChI is InChI=1S/C17H13FN6O/c1-10-2-5-12(6-3-10)25-17-23-15(20)22-16(24-17)21-14-7-4-11(9-19)8-13(14)18/h2-8H,1H3,(H3,20,21,22,23,24). The minimum Gasteiger partial charge on any atom is -0.424 e. The number of benzene rings is 2. The number of nitrogens with one attached hydrogen (secondary N) is 1. The summed E-state index contributed by atoms with van der Waals surface area (Å²) in [5.74, 6) is -0.127. The molecule has 1 aromatic heterocycles. The molecule has 0 radical (unpaired) electrons. The van der Waals surface area contributed by atoms with Crippen LogP contribution in [0.2, 0.25) is 0 Å². The van der Waals surface area contributed by atoms with Gasteiger partial charge in [0, 0.05) is 0 Å². The number of nitrogens with two attached hydrogens (primary N) is 1. The van der Waals surface area contributed by atoms with Crippen LogP contribution in [0.5, 0.6) is 11.8 Å². The molecule has 1 heterocycles. The lowest BCUT2D eigenvalue weighted by atomic mass is 10.2. The van der Waals surface area contributed by atoms with E-state index in [0.29, 0.717) is 5.75 Å². The maximum absolute atomic E-state index is 14.0. The Morgan fingerprint density at radius 1 is 1.12 bits per heavy atom. The van der Waals surface area contributed by atoms with Gasteiger partial charge in [-0.25, -0.2) is 4.39 Å². The molecule has 0 aliphatic heterocycles. The molecule has 0 aliphatic carbocycles. The SMILES string of the molecule is Cc1ccc(Oc2nc(N)nc(Nc3ccc(C#N)cc3F)n2)cc1. The summed E-state index contributed by atoms with van der Waals surface area (Å²) < 4.78 is 19.5. The van der Waals surface area contributed by atoms with Gasteiger partial charge in [-0.3, -0.25) is 0 Å². The minimum atomic E-state index is -0.612. The Morgan fingerprint density at radius 2 is 1.88 bits per heavy atom. The summed E-state index contributed by atoms with van der Waals surface area (Å²) in [5, 5.41) is 11.5. The van der Waals surface area contributed by atoms with E-state index in [9.17, 15) is 4.39 Å². The predicted octanol–water partition coefficient (Wildman–Crippen LogP) is 3.31. The average molecular weight is 336 g/mol. The minimum absolute atomic E-state index is 0.0205. The van der Waals surface area contributed by atoms with Gasteiger partial charge in [-0.15, -0.1) is 0 Å². The van der Waals surface area contributed by atoms with Gasteiger partial charge < -0.3 is 15.8 Å². The summed E-state index contributed by atoms with van der Waals surface area (Å²) in [7, 11) is 0. The van der Waals surface area contributed by atoms with Crippen molar-refractivity contribution in [3.05, 3.63) is 59.4 Å². The lowest BCUT2D eigenvalue weighted by molar-refractivity contribution is 0.441. The van der Waals surface area contributed by atoms with E-state index in [1.54, 1.807) is 12.1 Å². The molecule has 124 valence electrons. The lowest BCUT2D eigenvalue weighted by Gasteiger charge is -2.09. The maximum atomic E-state index is 14.0. The fourth-order valence-electron chi connectivity index (χ4n) is 1.99. The second-order valence-corrected chi connectivity index (χ2v) is 5.15. The molecule has 0 unspecified atom stereocenters. The van der Waals surface area contributed by atoms with Crippen LogP contribution in [0.25, 0.3) is 0 Å². The first kappa shape index (κ1) is 16.1. The number of hydrogen-bond donors (Lipinski definition) is 2. The van der Waals surface area contributed by atoms with Crippen LogP contribution in [0.3, 0.4) is 0 Å². The number of nitriles is 1. The summed E-state index contributed by atoms with van der Waals surface area (Å²) in [6.07, 6.45) is 0. The van der Waals surface area contributed by atoms with E-state index in [2.05, 4.69) is 20.3 Å². The number of aromatic nitrogens is 3. The van der Waals surface area contributed by atoms with Crippen molar-refractivity contribution in [2.45, 2.75) is 6.92 Å². The molecule has 3 aromatic rings. The molecular formula is C17H13FN6O. The lowest BCUT2D eigenvalue weighted by Crippen LogP contribution is -2.06. The smallest absolute Gasteiger partial charge is 0.328 e. The van der Waals surface area contributed by atoms with E-state index < -0.39 is 5.82 Å². The number of halogens is 1. The number of aryl methyl sites for hydroxylation is 1. The van der Waals surface area contributed by atoms with Crippen molar-refractivity contribution in [1.29, 1.82) is 5.26 Å². The molecule has 0 spiro atoms. The molecule has 3 rings (SSSR count). The second-order valence-electron chi connectivity index (χ2n) is 5.15. The van der Waals surface area contributed by atoms with E-state index in [4.69, 9.17) is 15.7 Å². The Hall–Kier alpha value is -3.73. The third-order valence-corrected chi connectivity index (χ3v) is 3.21. The van der Waals surface area contributed by atoms with Crippen molar-refractivity contribution in [3.8, 4) is 17.8 Å². The molecule has 3 N–H and O–H groups in total. The summed E-state index contributed by atoms with van der Waals surface area (Å²) >= 11 is 0. The Balaban J connectivity index is 1.84. The van der Waals surface area contributed by atoms with Crippen molar-refractivity contribution >= 4 is 17.6 Å². The van der Waals surface area contributed by atoms with Gasteiger partial charge in [-0.05, 0) is 37.3 Å². The van der Waals surface area contributed by atoms with Crippen molar-refractivity contribution in [2.75, 3.05) is 11.1 Å². The highest BCUT2D eigenvalue weighted by molar-refractivity contribution is 5.56. The first-order valence-corrected chi connectivity index (χ1v) is 7.26. The Kier molecular flexibility index (Phi) is 4.39. The van der Waals surface area contributed by atoms with Crippen LogP contribution in [-0.4, -0.2) is 15.0 Å². The molecule has 0 saturated heterocycles. The molecule has 2 aromatic carbocycles. The van der Waals surface area contributed by atoms with E-state index in [-0.39, 0.29) is 29.2 Å². The maximum Gasteiger partial charge on any atom is 0.328 e. The largest absolute Gasteiger partial charge is 0.424 e. The normalized spacial score (nSPS) is 10.1. The van der Waals surface area contributed by atoms with Gasteiger partial charge in [-0.1, -0.05) is 17.7 Å². The molecule has 0 saturated carbocycles. The zero-order chi connectivity index (χ0) is 17.8. The molecular weight excluding hydrogens is 323 g/mol. The summed E-state index contributed by atoms with van der Waals surface area (Å²) in [5.41, 5.74) is 7.05. The van der Waals surface area contributed by atoms with Gasteiger partial charge in [0.15, 0.2) is 0 Å². The molecule has 8 heteroatoms. The third kappa shape index (κ3) is 3.97. The second kappa shape index (κ2) is 6.80. The Bertz CT molecular complexity index is 952. The topological polar surface area (TPSA) is 110 Å². The number of anilines is 3. The number of hydrogen-bond acceptors (Lipinski definition) is 7. The molecule has 0 aliphatic rings. The van der Waals surface area contributed by atoms with E-state index >= 15 is 0 Å². The van der Waals surface area contributed by atoms with Crippen LogP contribution >= 0.6 is 0 Å². The number of rotatable bonds is 4. The van der Waals surface area contributed by atoms with Gasteiger partial charge in [0.05, 0.1) is 17.3 Å². The van der Waals surface area contributed by atoms with Crippen LogP contribution in [0.15, 0.2) is 42.5 Å². The molecule has 25 heavy (non-hydrogen) atoms. The van der Waals surface area contributed by atoms with Gasteiger partial charge in [0.2, 0.25) is 11.9 Å². The van der Waals surface area contributed by atoms with Gasteiger partial charge in [0.1, 0.15) is 11.6 Å². The van der Waals surface area contributed by atoms with Crippen molar-refractivity contribution < 1.29 is 9.13 Å². The summed E-state index contributed by atoms with van der Waals surface area (Å²) in [6, 6.07) is 13.1. The summed E-state index contributed by atoms with van der Waals surface area (Å²) in [4.78, 5) is 11.9. The van der Waals surface area contributed by atoms with Crippen molar-refractivity contribution in [2.24, 2.45) is 0 Å². The highest BCUT2D eigenvalue weighted by Gasteiger charge is 2.10. The highest BCUT2D eigenvalue weighted by Crippen LogP contribution is 2.22. The predicted molar refractivity (Wildman–Crippen MR) is 89.9 cm³/mol. The van der Waals surface area contributed by atoms with E-state index in [0.717, 1.165) is 11.6 Å². The van der Waals surface area contributed by atoms with Crippen LogP contribution in [0, 0.1) is 24.1 Å². The van der Waals surface area contributed by atoms with Crippen LogP contribution in [0.1, 0.15) is 11.1 Å². The Morgan fingerprint density at radius 3 is 2.56 bits per heavy atom. The third-order valence-electron chi connectivity index (χ3n) is 3.21. The fourth-order valence-corrected chi connectivity index (χ4v) is 1.99. The first-order valence-electron chi connectivity index (χ1n) is 7.26. The van der Waals surface area contributed by atoms with Gasteiger partial charge >= 0.3 is 6.01 Å². The number of nitrogens with zero attached hydrogens (tertiary/aromatic N) is 4. The number of ether oxygens (including phenoxy) is 1. The van der Waals surface area contributed by atoms with Crippen LogP contribution in [-0.2, 0) is 0 Å². The molecule has 0 amide bonds. The van der Waals surface area contributed by atoms with Gasteiger partial charge in [0.25, 0.3) is 0 Å². The van der Waals surface area contributed by atoms with E-state index in [1.165, 1.54) is 12.1 Å². The summed E-state index contributed by atoms with van der Waals surface area (Å²) in [6.45, 7) is 1.96. The molecule has 0 bridgehead atoms. The van der Waals surface area contributed by atoms with Crippen LogP contribution in [0.4, 0.5) is 22.0 Å². The first-order chi connectivity index (χ1) is 12.0. The van der Waals surface area contributed by atoms with Gasteiger partial charge in [-0.2, -0.15) is 20.2 Å². The zero-order valence-electron chi connectivity index (χ0n) is 13.2. The van der Waals surface area contributed by atoms with Crippen molar-refractivity contribution in [3.63, 3.8) is 0 Å². The molecule has 0 fully saturated rings. The average Bonchev–Trinajstić information content (AvgIpc) is 2.58. The monoisotopic (exact) mass is 336 g/mol. The van der Waals surface area contributed by atoms with E-state index in [1.807, 2.05) is 25.1 Å². The number of nitrogen functional groups attached to an aromatic ring is 1. The molecule has 7 nitrogen and oxygen atoms in total.